The number of carbonyl (C=O) groups excluding carboxylic acids is 1. The highest BCUT2D eigenvalue weighted by Gasteiger charge is 2.31. The van der Waals surface area contributed by atoms with Crippen molar-refractivity contribution < 1.29 is 22.7 Å². The Hall–Kier alpha value is -1.92. The Morgan fingerprint density at radius 3 is 2.40 bits per heavy atom. The maximum Gasteiger partial charge on any atom is 0.573 e. The largest absolute Gasteiger partial charge is 0.573 e. The average molecular weight is 219 g/mol. The van der Waals surface area contributed by atoms with Crippen molar-refractivity contribution in [1.82, 2.24) is 0 Å². The first-order chi connectivity index (χ1) is 6.94. The van der Waals surface area contributed by atoms with Crippen molar-refractivity contribution in [2.45, 2.75) is 6.36 Å². The number of carbonyl (C=O) groups is 1. The molecular formula is C8H4F3NO3. The molecule has 1 aromatic carbocycles. The van der Waals surface area contributed by atoms with Crippen molar-refractivity contribution in [3.05, 3.63) is 28.7 Å². The van der Waals surface area contributed by atoms with Crippen LogP contribution in [-0.4, -0.2) is 12.6 Å². The van der Waals surface area contributed by atoms with Crippen LogP contribution in [0.1, 0.15) is 10.4 Å². The number of halogens is 3. The van der Waals surface area contributed by atoms with E-state index in [0.717, 1.165) is 18.2 Å². The molecule has 7 heteroatoms. The summed E-state index contributed by atoms with van der Waals surface area (Å²) in [5, 5.41) is 2.41. The summed E-state index contributed by atoms with van der Waals surface area (Å²) in [5.41, 5.74) is -0.426. The smallest absolute Gasteiger partial charge is 0.406 e. The first-order valence-corrected chi connectivity index (χ1v) is 3.64. The molecule has 15 heavy (non-hydrogen) atoms. The van der Waals surface area contributed by atoms with Crippen LogP contribution in [0.15, 0.2) is 23.4 Å². The van der Waals surface area contributed by atoms with Crippen LogP contribution in [0.3, 0.4) is 0 Å². The number of ether oxygens (including phenoxy) is 1. The van der Waals surface area contributed by atoms with E-state index in [2.05, 4.69) is 9.91 Å². The molecule has 0 saturated heterocycles. The van der Waals surface area contributed by atoms with Gasteiger partial charge in [-0.3, -0.25) is 4.79 Å². The van der Waals surface area contributed by atoms with Crippen LogP contribution in [-0.2, 0) is 0 Å². The Kier molecular flexibility index (Phi) is 3.03. The molecule has 0 aliphatic rings. The third-order valence-electron chi connectivity index (χ3n) is 1.39. The van der Waals surface area contributed by atoms with Gasteiger partial charge < -0.3 is 4.74 Å². The summed E-state index contributed by atoms with van der Waals surface area (Å²) >= 11 is 0. The molecule has 0 fully saturated rings. The number of alkyl halides is 3. The number of hydrogen-bond donors (Lipinski definition) is 0. The molecule has 0 atom stereocenters. The lowest BCUT2D eigenvalue weighted by Gasteiger charge is -2.08. The molecule has 0 heterocycles. The van der Waals surface area contributed by atoms with E-state index in [9.17, 15) is 22.9 Å². The van der Waals surface area contributed by atoms with Crippen LogP contribution in [0.25, 0.3) is 0 Å². The van der Waals surface area contributed by atoms with Gasteiger partial charge >= 0.3 is 6.36 Å². The molecule has 1 aromatic rings. The molecule has 0 saturated carbocycles. The first kappa shape index (κ1) is 11.2. The minimum Gasteiger partial charge on any atom is -0.406 e. The highest BCUT2D eigenvalue weighted by atomic mass is 19.4. The van der Waals surface area contributed by atoms with Crippen molar-refractivity contribution in [3.63, 3.8) is 0 Å². The maximum absolute atomic E-state index is 11.8. The van der Waals surface area contributed by atoms with Crippen LogP contribution in [0.5, 0.6) is 5.75 Å². The van der Waals surface area contributed by atoms with Crippen LogP contribution >= 0.6 is 0 Å². The van der Waals surface area contributed by atoms with Crippen LogP contribution < -0.4 is 4.74 Å². The Morgan fingerprint density at radius 1 is 1.27 bits per heavy atom. The summed E-state index contributed by atoms with van der Waals surface area (Å²) in [5.74, 6) is -0.651. The lowest BCUT2D eigenvalue weighted by molar-refractivity contribution is -0.274. The molecule has 0 unspecified atom stereocenters. The van der Waals surface area contributed by atoms with Crippen LogP contribution in [0.4, 0.5) is 18.9 Å². The van der Waals surface area contributed by atoms with Gasteiger partial charge in [0.2, 0.25) is 0 Å². The number of benzene rings is 1. The Balaban J connectivity index is 3.07. The van der Waals surface area contributed by atoms with Crippen molar-refractivity contribution >= 4 is 12.0 Å². The molecular weight excluding hydrogens is 215 g/mol. The standard InChI is InChI=1S/C8H4F3NO3/c9-8(10,11)15-7-2-5(4-13)1-6(3-7)12-14/h1-4H. The minimum absolute atomic E-state index is 0.119. The molecule has 0 radical (unpaired) electrons. The summed E-state index contributed by atoms with van der Waals surface area (Å²) in [6.45, 7) is 0. The zero-order valence-electron chi connectivity index (χ0n) is 7.12. The molecule has 0 N–H and O–H groups in total. The second kappa shape index (κ2) is 4.07. The summed E-state index contributed by atoms with van der Waals surface area (Å²) in [6.07, 6.45) is -4.58. The lowest BCUT2D eigenvalue weighted by atomic mass is 10.2. The highest BCUT2D eigenvalue weighted by Crippen LogP contribution is 2.27. The third kappa shape index (κ3) is 3.37. The first-order valence-electron chi connectivity index (χ1n) is 3.64. The SMILES string of the molecule is O=Cc1cc(N=O)cc(OC(F)(F)F)c1. The summed E-state index contributed by atoms with van der Waals surface area (Å²) in [6, 6.07) is 2.69. The van der Waals surface area contributed by atoms with Gasteiger partial charge in [-0.15, -0.1) is 18.1 Å². The van der Waals surface area contributed by atoms with Gasteiger partial charge in [0, 0.05) is 11.6 Å². The van der Waals surface area contributed by atoms with Gasteiger partial charge in [-0.2, -0.15) is 0 Å². The lowest BCUT2D eigenvalue weighted by Crippen LogP contribution is -2.17. The van der Waals surface area contributed by atoms with E-state index in [1.807, 2.05) is 0 Å². The Labute approximate surface area is 81.6 Å². The summed E-state index contributed by atoms with van der Waals surface area (Å²) in [7, 11) is 0. The second-order valence-corrected chi connectivity index (χ2v) is 2.52. The molecule has 0 aliphatic heterocycles. The van der Waals surface area contributed by atoms with E-state index in [4.69, 9.17) is 0 Å². The van der Waals surface area contributed by atoms with Crippen molar-refractivity contribution in [2.75, 3.05) is 0 Å². The average Bonchev–Trinajstić information content (AvgIpc) is 2.14. The fraction of sp³-hybridized carbons (Fsp3) is 0.125. The van der Waals surface area contributed by atoms with E-state index >= 15 is 0 Å². The zero-order valence-corrected chi connectivity index (χ0v) is 7.12. The van der Waals surface area contributed by atoms with Gasteiger partial charge in [-0.05, 0) is 17.3 Å². The molecule has 0 aliphatic carbocycles. The normalized spacial score (nSPS) is 10.9. The zero-order chi connectivity index (χ0) is 11.5. The van der Waals surface area contributed by atoms with Gasteiger partial charge in [0.25, 0.3) is 0 Å². The van der Waals surface area contributed by atoms with E-state index < -0.39 is 12.1 Å². The molecule has 4 nitrogen and oxygen atoms in total. The fourth-order valence-corrected chi connectivity index (χ4v) is 0.919. The highest BCUT2D eigenvalue weighted by molar-refractivity contribution is 5.77. The molecule has 80 valence electrons. The molecule has 0 spiro atoms. The molecule has 0 aromatic heterocycles. The van der Waals surface area contributed by atoms with Gasteiger partial charge in [0.15, 0.2) is 0 Å². The number of nitrogens with zero attached hydrogens (tertiary/aromatic N) is 1. The molecule has 1 rings (SSSR count). The maximum atomic E-state index is 11.8. The van der Waals surface area contributed by atoms with E-state index in [1.165, 1.54) is 0 Å². The van der Waals surface area contributed by atoms with E-state index in [0.29, 0.717) is 0 Å². The van der Waals surface area contributed by atoms with Crippen molar-refractivity contribution in [3.8, 4) is 5.75 Å². The van der Waals surface area contributed by atoms with E-state index in [1.54, 1.807) is 0 Å². The third-order valence-corrected chi connectivity index (χ3v) is 1.39. The summed E-state index contributed by atoms with van der Waals surface area (Å²) < 4.78 is 38.9. The number of hydrogen-bond acceptors (Lipinski definition) is 4. The van der Waals surface area contributed by atoms with Gasteiger partial charge in [0.1, 0.15) is 17.7 Å². The van der Waals surface area contributed by atoms with Crippen LogP contribution in [0.2, 0.25) is 0 Å². The Morgan fingerprint density at radius 2 is 1.93 bits per heavy atom. The monoisotopic (exact) mass is 219 g/mol. The predicted molar refractivity (Wildman–Crippen MR) is 44.0 cm³/mol. The van der Waals surface area contributed by atoms with E-state index in [-0.39, 0.29) is 17.5 Å². The molecule has 0 amide bonds. The topological polar surface area (TPSA) is 55.7 Å². The van der Waals surface area contributed by atoms with Crippen molar-refractivity contribution in [1.29, 1.82) is 0 Å². The van der Waals surface area contributed by atoms with Crippen molar-refractivity contribution in [2.24, 2.45) is 5.18 Å². The van der Waals surface area contributed by atoms with Gasteiger partial charge in [0.05, 0.1) is 0 Å². The second-order valence-electron chi connectivity index (χ2n) is 2.52. The fourth-order valence-electron chi connectivity index (χ4n) is 0.919. The Bertz CT molecular complexity index is 363. The number of aldehydes is 1. The quantitative estimate of drug-likeness (QED) is 0.580. The molecule has 0 bridgehead atoms. The van der Waals surface area contributed by atoms with Gasteiger partial charge in [-0.1, -0.05) is 0 Å². The number of rotatable bonds is 3. The summed E-state index contributed by atoms with van der Waals surface area (Å²) in [4.78, 5) is 20.4. The predicted octanol–water partition coefficient (Wildman–Crippen LogP) is 2.80. The van der Waals surface area contributed by atoms with Gasteiger partial charge in [-0.25, -0.2) is 0 Å². The van der Waals surface area contributed by atoms with Crippen LogP contribution in [0, 0.1) is 4.91 Å². The minimum atomic E-state index is -4.87. The number of nitroso groups, excluding NO2 is 1.